The zero-order chi connectivity index (χ0) is 19.1. The van der Waals surface area contributed by atoms with Gasteiger partial charge in [-0.2, -0.15) is 0 Å². The predicted octanol–water partition coefficient (Wildman–Crippen LogP) is 3.50. The van der Waals surface area contributed by atoms with Crippen LogP contribution in [0.5, 0.6) is 5.75 Å². The molecule has 2 aromatic rings. The number of fused-ring (bicyclic) bond motifs is 1. The van der Waals surface area contributed by atoms with Gasteiger partial charge in [0.15, 0.2) is 5.78 Å². The van der Waals surface area contributed by atoms with Gasteiger partial charge in [0.25, 0.3) is 5.91 Å². The van der Waals surface area contributed by atoms with Crippen LogP contribution >= 0.6 is 22.6 Å². The Morgan fingerprint density at radius 1 is 1.19 bits per heavy atom. The van der Waals surface area contributed by atoms with Crippen molar-refractivity contribution in [3.8, 4) is 5.75 Å². The third kappa shape index (κ3) is 3.48. The number of halogens is 1. The monoisotopic (exact) mass is 465 g/mol. The highest BCUT2D eigenvalue weighted by Gasteiger charge is 2.43. The van der Waals surface area contributed by atoms with E-state index in [4.69, 9.17) is 4.74 Å². The Kier molecular flexibility index (Phi) is 5.07. The molecule has 2 atom stereocenters. The number of rotatable bonds is 3. The van der Waals surface area contributed by atoms with Crippen molar-refractivity contribution in [1.82, 2.24) is 5.32 Å². The minimum Gasteiger partial charge on any atom is -0.485 e. The van der Waals surface area contributed by atoms with Gasteiger partial charge in [0.1, 0.15) is 17.5 Å². The number of nitrogens with one attached hydrogen (secondary N) is 1. The molecule has 1 aliphatic heterocycles. The molecule has 5 nitrogen and oxygen atoms in total. The van der Waals surface area contributed by atoms with Crippen LogP contribution < -0.4 is 10.1 Å². The molecule has 0 saturated carbocycles. The van der Waals surface area contributed by atoms with Gasteiger partial charge in [0.2, 0.25) is 0 Å². The maximum Gasteiger partial charge on any atom is 0.252 e. The van der Waals surface area contributed by atoms with E-state index >= 15 is 0 Å². The number of aliphatic hydroxyl groups is 1. The van der Waals surface area contributed by atoms with E-state index in [1.54, 1.807) is 44.2 Å². The van der Waals surface area contributed by atoms with E-state index in [2.05, 4.69) is 27.9 Å². The second kappa shape index (κ2) is 7.00. The fourth-order valence-corrected chi connectivity index (χ4v) is 3.67. The van der Waals surface area contributed by atoms with Crippen molar-refractivity contribution < 1.29 is 19.4 Å². The Bertz CT molecular complexity index is 878. The van der Waals surface area contributed by atoms with Crippen molar-refractivity contribution in [1.29, 1.82) is 0 Å². The minimum atomic E-state index is -0.970. The van der Waals surface area contributed by atoms with E-state index < -0.39 is 17.7 Å². The largest absolute Gasteiger partial charge is 0.485 e. The van der Waals surface area contributed by atoms with E-state index in [9.17, 15) is 14.7 Å². The molecule has 1 heterocycles. The summed E-state index contributed by atoms with van der Waals surface area (Å²) in [5.41, 5.74) is 0.762. The van der Waals surface area contributed by atoms with Crippen molar-refractivity contribution in [2.24, 2.45) is 0 Å². The Hall–Kier alpha value is -1.93. The molecule has 26 heavy (non-hydrogen) atoms. The Morgan fingerprint density at radius 3 is 2.54 bits per heavy atom. The third-order valence-electron chi connectivity index (χ3n) is 4.56. The van der Waals surface area contributed by atoms with Gasteiger partial charge >= 0.3 is 0 Å². The number of Topliss-reactive ketones (excluding diaryl/α,β-unsaturated/α-hetero) is 1. The van der Waals surface area contributed by atoms with Crippen molar-refractivity contribution >= 4 is 34.3 Å². The first-order valence-electron chi connectivity index (χ1n) is 8.28. The highest BCUT2D eigenvalue weighted by atomic mass is 127. The molecule has 0 radical (unpaired) electrons. The van der Waals surface area contributed by atoms with Crippen LogP contribution in [-0.2, 0) is 0 Å². The second-order valence-electron chi connectivity index (χ2n) is 6.89. The summed E-state index contributed by atoms with van der Waals surface area (Å²) in [5, 5.41) is 13.7. The topological polar surface area (TPSA) is 75.6 Å². The van der Waals surface area contributed by atoms with Gasteiger partial charge in [-0.1, -0.05) is 12.1 Å². The maximum absolute atomic E-state index is 12.8. The summed E-state index contributed by atoms with van der Waals surface area (Å²) in [6, 6.07) is 11.6. The SMILES string of the molecule is CC(=O)c1ccc2c(c1)C(NC(=O)c1ccccc1I)C(O)C(C)(C)O2. The molecular formula is C20H20INO4. The van der Waals surface area contributed by atoms with Crippen LogP contribution in [-0.4, -0.2) is 28.5 Å². The number of hydrogen-bond donors (Lipinski definition) is 2. The highest BCUT2D eigenvalue weighted by Crippen LogP contribution is 2.40. The van der Waals surface area contributed by atoms with Crippen LogP contribution in [0.3, 0.4) is 0 Å². The molecule has 136 valence electrons. The summed E-state index contributed by atoms with van der Waals surface area (Å²) in [5.74, 6) is 0.184. The fourth-order valence-electron chi connectivity index (χ4n) is 3.04. The molecule has 0 aromatic heterocycles. The van der Waals surface area contributed by atoms with Crippen molar-refractivity contribution in [2.75, 3.05) is 0 Å². The van der Waals surface area contributed by atoms with Gasteiger partial charge in [-0.3, -0.25) is 9.59 Å². The lowest BCUT2D eigenvalue weighted by atomic mass is 9.85. The predicted molar refractivity (Wildman–Crippen MR) is 107 cm³/mol. The number of benzene rings is 2. The molecule has 2 unspecified atom stereocenters. The summed E-state index contributed by atoms with van der Waals surface area (Å²) in [7, 11) is 0. The number of carbonyl (C=O) groups excluding carboxylic acids is 2. The van der Waals surface area contributed by atoms with Crippen molar-refractivity contribution in [3.63, 3.8) is 0 Å². The summed E-state index contributed by atoms with van der Waals surface area (Å²) in [6.45, 7) is 5.02. The van der Waals surface area contributed by atoms with Gasteiger partial charge in [0.05, 0.1) is 11.6 Å². The van der Waals surface area contributed by atoms with E-state index in [0.717, 1.165) is 3.57 Å². The van der Waals surface area contributed by atoms with Gasteiger partial charge < -0.3 is 15.2 Å². The summed E-state index contributed by atoms with van der Waals surface area (Å²) in [6.07, 6.45) is -0.970. The summed E-state index contributed by atoms with van der Waals surface area (Å²) in [4.78, 5) is 24.5. The van der Waals surface area contributed by atoms with Crippen LogP contribution in [0.15, 0.2) is 42.5 Å². The molecule has 1 aliphatic rings. The number of ketones is 1. The molecule has 0 spiro atoms. The van der Waals surface area contributed by atoms with Gasteiger partial charge in [-0.15, -0.1) is 0 Å². The summed E-state index contributed by atoms with van der Waals surface area (Å²) >= 11 is 2.10. The molecular weight excluding hydrogens is 445 g/mol. The van der Waals surface area contributed by atoms with Crippen LogP contribution in [0.4, 0.5) is 0 Å². The normalized spacial score (nSPS) is 20.7. The quantitative estimate of drug-likeness (QED) is 0.538. The highest BCUT2D eigenvalue weighted by molar-refractivity contribution is 14.1. The first-order chi connectivity index (χ1) is 12.2. The summed E-state index contributed by atoms with van der Waals surface area (Å²) < 4.78 is 6.71. The first-order valence-corrected chi connectivity index (χ1v) is 9.36. The molecule has 0 saturated heterocycles. The van der Waals surface area contributed by atoms with Crippen LogP contribution in [0, 0.1) is 3.57 Å². The molecule has 0 bridgehead atoms. The number of carbonyl (C=O) groups is 2. The smallest absolute Gasteiger partial charge is 0.252 e. The first kappa shape index (κ1) is 18.8. The standard InChI is InChI=1S/C20H20INO4/c1-11(23)12-8-9-16-14(10-12)17(18(24)20(2,3)26-16)22-19(25)13-6-4-5-7-15(13)21/h4-10,17-18,24H,1-3H3,(H,22,25). The lowest BCUT2D eigenvalue weighted by molar-refractivity contribution is -0.0627. The Balaban J connectivity index is 2.02. The number of aliphatic hydroxyl groups excluding tert-OH is 1. The van der Waals surface area contributed by atoms with Crippen LogP contribution in [0.1, 0.15) is 53.1 Å². The Morgan fingerprint density at radius 2 is 1.88 bits per heavy atom. The molecule has 2 aromatic carbocycles. The van der Waals surface area contributed by atoms with E-state index in [1.807, 2.05) is 12.1 Å². The minimum absolute atomic E-state index is 0.0881. The van der Waals surface area contributed by atoms with E-state index in [0.29, 0.717) is 22.4 Å². The average molecular weight is 465 g/mol. The zero-order valence-corrected chi connectivity index (χ0v) is 16.9. The lowest BCUT2D eigenvalue weighted by Gasteiger charge is -2.42. The molecule has 1 amide bonds. The van der Waals surface area contributed by atoms with Gasteiger partial charge in [-0.25, -0.2) is 0 Å². The van der Waals surface area contributed by atoms with Gasteiger partial charge in [-0.05, 0) is 73.7 Å². The Labute approximate surface area is 165 Å². The second-order valence-corrected chi connectivity index (χ2v) is 8.05. The molecule has 0 fully saturated rings. The van der Waals surface area contributed by atoms with Gasteiger partial charge in [0, 0.05) is 14.7 Å². The zero-order valence-electron chi connectivity index (χ0n) is 14.7. The molecule has 0 aliphatic carbocycles. The molecule has 2 N–H and O–H groups in total. The lowest BCUT2D eigenvalue weighted by Crippen LogP contribution is -2.53. The van der Waals surface area contributed by atoms with Crippen molar-refractivity contribution in [3.05, 3.63) is 62.7 Å². The maximum atomic E-state index is 12.8. The van der Waals surface area contributed by atoms with Crippen LogP contribution in [0.25, 0.3) is 0 Å². The third-order valence-corrected chi connectivity index (χ3v) is 5.50. The fraction of sp³-hybridized carbons (Fsp3) is 0.300. The van der Waals surface area contributed by atoms with Crippen LogP contribution in [0.2, 0.25) is 0 Å². The number of hydrogen-bond acceptors (Lipinski definition) is 4. The van der Waals surface area contributed by atoms with Crippen molar-refractivity contribution in [2.45, 2.75) is 38.5 Å². The molecule has 6 heteroatoms. The number of ether oxygens (including phenoxy) is 1. The average Bonchev–Trinajstić information content (AvgIpc) is 2.58. The molecule has 3 rings (SSSR count). The van der Waals surface area contributed by atoms with E-state index in [-0.39, 0.29) is 11.7 Å². The number of amides is 1. The van der Waals surface area contributed by atoms with E-state index in [1.165, 1.54) is 6.92 Å².